The Morgan fingerprint density at radius 3 is 2.61 bits per heavy atom. The number of amides is 1. The highest BCUT2D eigenvalue weighted by Crippen LogP contribution is 2.11. The van der Waals surface area contributed by atoms with Crippen LogP contribution >= 0.6 is 12.2 Å². The zero-order valence-electron chi connectivity index (χ0n) is 10.1. The highest BCUT2D eigenvalue weighted by atomic mass is 32.1. The fourth-order valence-corrected chi connectivity index (χ4v) is 1.85. The first kappa shape index (κ1) is 12.5. The van der Waals surface area contributed by atoms with Crippen LogP contribution < -0.4 is 5.32 Å². The van der Waals surface area contributed by atoms with Gasteiger partial charge in [-0.2, -0.15) is 0 Å². The van der Waals surface area contributed by atoms with Gasteiger partial charge in [0, 0.05) is 11.9 Å². The molecule has 1 aromatic carbocycles. The third kappa shape index (κ3) is 2.84. The fraction of sp³-hybridized carbons (Fsp3) is 0.143. The summed E-state index contributed by atoms with van der Waals surface area (Å²) in [4.78, 5) is 14.8. The van der Waals surface area contributed by atoms with Crippen LogP contribution in [0.5, 0.6) is 0 Å². The lowest BCUT2D eigenvalue weighted by Gasteiger charge is -2.06. The number of nitrogens with one attached hydrogen (secondary N) is 2. The minimum absolute atomic E-state index is 0.193. The second-order valence-corrected chi connectivity index (χ2v) is 4.33. The average molecular weight is 258 g/mol. The molecule has 0 radical (unpaired) electrons. The molecule has 2 N–H and O–H groups in total. The van der Waals surface area contributed by atoms with Gasteiger partial charge in [-0.25, -0.2) is 0 Å². The molecule has 0 unspecified atom stereocenters. The Kier molecular flexibility index (Phi) is 3.89. The van der Waals surface area contributed by atoms with Gasteiger partial charge in [-0.1, -0.05) is 31.3 Å². The van der Waals surface area contributed by atoms with E-state index in [1.54, 1.807) is 18.3 Å². The zero-order valence-corrected chi connectivity index (χ0v) is 10.9. The number of aromatic amines is 1. The number of benzene rings is 1. The monoisotopic (exact) mass is 258 g/mol. The predicted molar refractivity (Wildman–Crippen MR) is 75.4 cm³/mol. The molecular formula is C14H14N2OS. The lowest BCUT2D eigenvalue weighted by atomic mass is 10.1. The number of hydrogen-bond acceptors (Lipinski definition) is 2. The van der Waals surface area contributed by atoms with Gasteiger partial charge in [0.05, 0.1) is 5.56 Å². The Labute approximate surface area is 111 Å². The molecule has 0 fully saturated rings. The van der Waals surface area contributed by atoms with Gasteiger partial charge in [0.2, 0.25) is 0 Å². The van der Waals surface area contributed by atoms with Crippen LogP contribution in [0.1, 0.15) is 22.8 Å². The fourth-order valence-electron chi connectivity index (χ4n) is 1.62. The van der Waals surface area contributed by atoms with Gasteiger partial charge in [-0.15, -0.1) is 0 Å². The van der Waals surface area contributed by atoms with Crippen LogP contribution in [-0.4, -0.2) is 10.9 Å². The molecule has 0 saturated carbocycles. The van der Waals surface area contributed by atoms with Crippen LogP contribution in [0.25, 0.3) is 0 Å². The Hall–Kier alpha value is -1.94. The van der Waals surface area contributed by atoms with E-state index in [1.165, 1.54) is 5.56 Å². The standard InChI is InChI=1S/C14H14N2OS/c1-2-10-5-7-11(8-6-10)16-13(17)12-4-3-9-15-14(12)18/h3-9H,2H2,1H3,(H,15,18)(H,16,17). The normalized spacial score (nSPS) is 10.1. The van der Waals surface area contributed by atoms with E-state index in [4.69, 9.17) is 12.2 Å². The maximum Gasteiger partial charge on any atom is 0.258 e. The Bertz CT molecular complexity index is 602. The molecule has 4 heteroatoms. The van der Waals surface area contributed by atoms with Crippen LogP contribution in [0, 0.1) is 4.64 Å². The number of pyridine rings is 1. The van der Waals surface area contributed by atoms with Crippen molar-refractivity contribution in [1.82, 2.24) is 4.98 Å². The first-order chi connectivity index (χ1) is 8.70. The molecule has 18 heavy (non-hydrogen) atoms. The van der Waals surface area contributed by atoms with Crippen molar-refractivity contribution >= 4 is 23.8 Å². The minimum atomic E-state index is -0.193. The highest BCUT2D eigenvalue weighted by Gasteiger charge is 2.07. The first-order valence-corrected chi connectivity index (χ1v) is 6.19. The van der Waals surface area contributed by atoms with Gasteiger partial charge >= 0.3 is 0 Å². The third-order valence-electron chi connectivity index (χ3n) is 2.68. The molecule has 0 aliphatic carbocycles. The zero-order chi connectivity index (χ0) is 13.0. The molecule has 0 saturated heterocycles. The molecule has 1 amide bonds. The van der Waals surface area contributed by atoms with Crippen molar-refractivity contribution in [3.8, 4) is 0 Å². The van der Waals surface area contributed by atoms with Gasteiger partial charge in [0.15, 0.2) is 0 Å². The second kappa shape index (κ2) is 5.60. The lowest BCUT2D eigenvalue weighted by molar-refractivity contribution is 0.102. The van der Waals surface area contributed by atoms with E-state index in [2.05, 4.69) is 17.2 Å². The van der Waals surface area contributed by atoms with Crippen molar-refractivity contribution in [1.29, 1.82) is 0 Å². The summed E-state index contributed by atoms with van der Waals surface area (Å²) in [6, 6.07) is 11.3. The number of hydrogen-bond donors (Lipinski definition) is 2. The molecule has 0 bridgehead atoms. The molecular weight excluding hydrogens is 244 g/mol. The van der Waals surface area contributed by atoms with Gasteiger partial charge in [0.1, 0.15) is 4.64 Å². The smallest absolute Gasteiger partial charge is 0.258 e. The Morgan fingerprint density at radius 2 is 2.00 bits per heavy atom. The molecule has 1 heterocycles. The average Bonchev–Trinajstić information content (AvgIpc) is 2.40. The van der Waals surface area contributed by atoms with E-state index in [0.717, 1.165) is 12.1 Å². The number of aryl methyl sites for hydroxylation is 1. The van der Waals surface area contributed by atoms with Crippen molar-refractivity contribution in [3.05, 3.63) is 58.4 Å². The third-order valence-corrected chi connectivity index (χ3v) is 3.02. The summed E-state index contributed by atoms with van der Waals surface area (Å²) in [7, 11) is 0. The van der Waals surface area contributed by atoms with Gasteiger partial charge in [-0.3, -0.25) is 4.79 Å². The predicted octanol–water partition coefficient (Wildman–Crippen LogP) is 3.56. The van der Waals surface area contributed by atoms with Gasteiger partial charge in [-0.05, 0) is 36.2 Å². The molecule has 0 atom stereocenters. The number of aromatic nitrogens is 1. The van der Waals surface area contributed by atoms with E-state index < -0.39 is 0 Å². The lowest BCUT2D eigenvalue weighted by Crippen LogP contribution is -2.12. The quantitative estimate of drug-likeness (QED) is 0.827. The summed E-state index contributed by atoms with van der Waals surface area (Å²) >= 11 is 5.07. The summed E-state index contributed by atoms with van der Waals surface area (Å²) in [5.74, 6) is -0.193. The molecule has 3 nitrogen and oxygen atoms in total. The minimum Gasteiger partial charge on any atom is -0.352 e. The second-order valence-electron chi connectivity index (χ2n) is 3.92. The van der Waals surface area contributed by atoms with Crippen molar-refractivity contribution in [2.45, 2.75) is 13.3 Å². The molecule has 0 aliphatic rings. The number of carbonyl (C=O) groups excluding carboxylic acids is 1. The summed E-state index contributed by atoms with van der Waals surface area (Å²) in [6.45, 7) is 2.09. The molecule has 2 aromatic rings. The summed E-state index contributed by atoms with van der Waals surface area (Å²) in [6.07, 6.45) is 2.69. The molecule has 92 valence electrons. The maximum atomic E-state index is 12.0. The number of anilines is 1. The first-order valence-electron chi connectivity index (χ1n) is 5.78. The SMILES string of the molecule is CCc1ccc(NC(=O)c2ccc[nH]c2=S)cc1. The number of rotatable bonds is 3. The molecule has 1 aromatic heterocycles. The van der Waals surface area contributed by atoms with Crippen molar-refractivity contribution in [2.75, 3.05) is 5.32 Å². The summed E-state index contributed by atoms with van der Waals surface area (Å²) < 4.78 is 0.445. The number of carbonyl (C=O) groups is 1. The Morgan fingerprint density at radius 1 is 1.28 bits per heavy atom. The van der Waals surface area contributed by atoms with Gasteiger partial charge in [0.25, 0.3) is 5.91 Å². The van der Waals surface area contributed by atoms with Crippen LogP contribution in [0.3, 0.4) is 0 Å². The Balaban J connectivity index is 2.16. The molecule has 2 rings (SSSR count). The summed E-state index contributed by atoms with van der Waals surface area (Å²) in [5.41, 5.74) is 2.49. The van der Waals surface area contributed by atoms with Crippen LogP contribution in [0.2, 0.25) is 0 Å². The van der Waals surface area contributed by atoms with Crippen LogP contribution in [-0.2, 0) is 6.42 Å². The topological polar surface area (TPSA) is 44.9 Å². The largest absolute Gasteiger partial charge is 0.352 e. The van der Waals surface area contributed by atoms with E-state index in [-0.39, 0.29) is 5.91 Å². The maximum absolute atomic E-state index is 12.0. The van der Waals surface area contributed by atoms with E-state index in [1.807, 2.05) is 24.3 Å². The van der Waals surface area contributed by atoms with Crippen molar-refractivity contribution in [3.63, 3.8) is 0 Å². The van der Waals surface area contributed by atoms with E-state index in [9.17, 15) is 4.79 Å². The molecule has 0 aliphatic heterocycles. The van der Waals surface area contributed by atoms with Crippen LogP contribution in [0.4, 0.5) is 5.69 Å². The summed E-state index contributed by atoms with van der Waals surface area (Å²) in [5, 5.41) is 2.82. The van der Waals surface area contributed by atoms with Gasteiger partial charge < -0.3 is 10.3 Å². The highest BCUT2D eigenvalue weighted by molar-refractivity contribution is 7.71. The van der Waals surface area contributed by atoms with E-state index >= 15 is 0 Å². The van der Waals surface area contributed by atoms with E-state index in [0.29, 0.717) is 10.2 Å². The van der Waals surface area contributed by atoms with Crippen molar-refractivity contribution in [2.24, 2.45) is 0 Å². The number of H-pyrrole nitrogens is 1. The van der Waals surface area contributed by atoms with Crippen molar-refractivity contribution < 1.29 is 4.79 Å². The molecule has 0 spiro atoms. The van der Waals surface area contributed by atoms with Crippen LogP contribution in [0.15, 0.2) is 42.6 Å².